The Balaban J connectivity index is 1.52. The number of rotatable bonds is 4. The number of aromatic nitrogens is 3. The van der Waals surface area contributed by atoms with Gasteiger partial charge in [0.15, 0.2) is 5.13 Å². The molecule has 1 aliphatic rings. The van der Waals surface area contributed by atoms with Gasteiger partial charge in [0, 0.05) is 41.7 Å². The van der Waals surface area contributed by atoms with Crippen LogP contribution in [0.5, 0.6) is 0 Å². The third-order valence-corrected chi connectivity index (χ3v) is 5.69. The second-order valence-corrected chi connectivity index (χ2v) is 8.32. The Kier molecular flexibility index (Phi) is 5.34. The van der Waals surface area contributed by atoms with E-state index in [0.29, 0.717) is 6.54 Å². The number of benzene rings is 1. The van der Waals surface area contributed by atoms with E-state index in [1.807, 2.05) is 61.3 Å². The summed E-state index contributed by atoms with van der Waals surface area (Å²) in [6.07, 6.45) is 3.84. The molecule has 1 N–H and O–H groups in total. The quantitative estimate of drug-likeness (QED) is 0.715. The van der Waals surface area contributed by atoms with Crippen molar-refractivity contribution in [3.05, 3.63) is 64.6 Å². The molecule has 3 heterocycles. The number of anilines is 2. The summed E-state index contributed by atoms with van der Waals surface area (Å²) in [6.45, 7) is 5.40. The van der Waals surface area contributed by atoms with Crippen molar-refractivity contribution in [3.63, 3.8) is 0 Å². The summed E-state index contributed by atoms with van der Waals surface area (Å²) in [6, 6.07) is 11.5. The van der Waals surface area contributed by atoms with Crippen molar-refractivity contribution in [2.45, 2.75) is 32.6 Å². The van der Waals surface area contributed by atoms with E-state index in [0.717, 1.165) is 52.3 Å². The molecular weight excluding hydrogens is 370 g/mol. The summed E-state index contributed by atoms with van der Waals surface area (Å²) in [7, 11) is 0. The maximum atomic E-state index is 12.8. The minimum Gasteiger partial charge on any atom is -0.338 e. The third kappa shape index (κ3) is 4.20. The van der Waals surface area contributed by atoms with Gasteiger partial charge in [-0.25, -0.2) is 15.0 Å². The molecule has 3 aromatic rings. The summed E-state index contributed by atoms with van der Waals surface area (Å²) < 4.78 is 0. The minimum atomic E-state index is 0.0905. The van der Waals surface area contributed by atoms with E-state index in [1.54, 1.807) is 11.3 Å². The molecule has 0 unspecified atom stereocenters. The molecule has 4 rings (SSSR count). The van der Waals surface area contributed by atoms with Gasteiger partial charge in [-0.2, -0.15) is 0 Å². The molecule has 0 spiro atoms. The monoisotopic (exact) mass is 393 g/mol. The molecule has 1 amide bonds. The zero-order chi connectivity index (χ0) is 19.5. The molecule has 2 aromatic heterocycles. The summed E-state index contributed by atoms with van der Waals surface area (Å²) in [5.41, 5.74) is 1.72. The molecule has 1 fully saturated rings. The normalized spacial score (nSPS) is 16.8. The van der Waals surface area contributed by atoms with Crippen LogP contribution in [0.2, 0.25) is 0 Å². The lowest BCUT2D eigenvalue weighted by molar-refractivity contribution is 0.0706. The van der Waals surface area contributed by atoms with E-state index >= 15 is 0 Å². The number of piperidine rings is 1. The van der Waals surface area contributed by atoms with Crippen molar-refractivity contribution in [2.75, 3.05) is 18.4 Å². The van der Waals surface area contributed by atoms with Crippen LogP contribution >= 0.6 is 11.3 Å². The van der Waals surface area contributed by atoms with Crippen molar-refractivity contribution in [3.8, 4) is 0 Å². The molecule has 1 saturated heterocycles. The van der Waals surface area contributed by atoms with Gasteiger partial charge in [-0.1, -0.05) is 18.2 Å². The largest absolute Gasteiger partial charge is 0.338 e. The second kappa shape index (κ2) is 8.06. The Hall–Kier alpha value is -2.80. The Morgan fingerprint density at radius 2 is 2.04 bits per heavy atom. The molecule has 0 saturated carbocycles. The molecular formula is C21H23N5OS. The molecule has 28 heavy (non-hydrogen) atoms. The fraction of sp³-hybridized carbons (Fsp3) is 0.333. The lowest BCUT2D eigenvalue weighted by Gasteiger charge is -2.32. The van der Waals surface area contributed by atoms with E-state index < -0.39 is 0 Å². The van der Waals surface area contributed by atoms with Crippen LogP contribution in [0.1, 0.15) is 45.5 Å². The van der Waals surface area contributed by atoms with Gasteiger partial charge in [0.05, 0.1) is 5.69 Å². The van der Waals surface area contributed by atoms with Crippen LogP contribution in [0.25, 0.3) is 0 Å². The number of carbonyl (C=O) groups excluding carboxylic acids is 1. The van der Waals surface area contributed by atoms with Crippen molar-refractivity contribution in [2.24, 2.45) is 0 Å². The van der Waals surface area contributed by atoms with Gasteiger partial charge < -0.3 is 10.2 Å². The molecule has 144 valence electrons. The Bertz CT molecular complexity index is 972. The summed E-state index contributed by atoms with van der Waals surface area (Å²) in [5, 5.41) is 4.11. The van der Waals surface area contributed by atoms with Crippen molar-refractivity contribution < 1.29 is 4.79 Å². The zero-order valence-electron chi connectivity index (χ0n) is 16.1. The fourth-order valence-corrected chi connectivity index (χ4v) is 4.22. The maximum absolute atomic E-state index is 12.8. The van der Waals surface area contributed by atoms with Gasteiger partial charge in [0.2, 0.25) is 0 Å². The van der Waals surface area contributed by atoms with E-state index in [1.165, 1.54) is 0 Å². The van der Waals surface area contributed by atoms with Gasteiger partial charge in [0.1, 0.15) is 11.6 Å². The molecule has 6 nitrogen and oxygen atoms in total. The number of likely N-dealkylation sites (tertiary alicyclic amines) is 1. The van der Waals surface area contributed by atoms with Crippen LogP contribution in [-0.2, 0) is 0 Å². The molecule has 7 heteroatoms. The highest BCUT2D eigenvalue weighted by Gasteiger charge is 2.26. The molecule has 0 radical (unpaired) electrons. The number of hydrogen-bond donors (Lipinski definition) is 1. The standard InChI is InChI=1S/C21H23N5OS/c1-14-12-22-21(28-14)25-19-11-18(23-15(2)24-19)17-9-6-10-26(13-17)20(27)16-7-4-3-5-8-16/h3-5,7-8,11-12,17H,6,9-10,13H2,1-2H3,(H,22,23,24,25)/t17-/m1/s1. The van der Waals surface area contributed by atoms with Gasteiger partial charge in [-0.05, 0) is 38.8 Å². The number of nitrogens with zero attached hydrogens (tertiary/aromatic N) is 4. The first-order chi connectivity index (χ1) is 13.6. The Labute approximate surface area is 168 Å². The summed E-state index contributed by atoms with van der Waals surface area (Å²) in [4.78, 5) is 29.4. The number of aryl methyl sites for hydroxylation is 2. The smallest absolute Gasteiger partial charge is 0.253 e. The number of thiazole rings is 1. The number of hydrogen-bond acceptors (Lipinski definition) is 6. The van der Waals surface area contributed by atoms with Crippen LogP contribution in [0.4, 0.5) is 10.9 Å². The first kappa shape index (κ1) is 18.6. The predicted octanol–water partition coefficient (Wildman–Crippen LogP) is 4.31. The molecule has 0 bridgehead atoms. The highest BCUT2D eigenvalue weighted by atomic mass is 32.1. The molecule has 1 atom stereocenters. The predicted molar refractivity (Wildman–Crippen MR) is 111 cm³/mol. The topological polar surface area (TPSA) is 71.0 Å². The lowest BCUT2D eigenvalue weighted by Crippen LogP contribution is -2.39. The maximum Gasteiger partial charge on any atom is 0.253 e. The van der Waals surface area contributed by atoms with Crippen molar-refractivity contribution in [1.29, 1.82) is 0 Å². The van der Waals surface area contributed by atoms with Gasteiger partial charge in [-0.3, -0.25) is 4.79 Å². The van der Waals surface area contributed by atoms with Gasteiger partial charge in [-0.15, -0.1) is 11.3 Å². The summed E-state index contributed by atoms with van der Waals surface area (Å²) in [5.74, 6) is 1.78. The number of carbonyl (C=O) groups is 1. The van der Waals surface area contributed by atoms with E-state index in [4.69, 9.17) is 0 Å². The fourth-order valence-electron chi connectivity index (χ4n) is 3.55. The number of amides is 1. The highest BCUT2D eigenvalue weighted by Crippen LogP contribution is 2.29. The van der Waals surface area contributed by atoms with E-state index in [2.05, 4.69) is 20.3 Å². The minimum absolute atomic E-state index is 0.0905. The van der Waals surface area contributed by atoms with Crippen LogP contribution in [0.3, 0.4) is 0 Å². The molecule has 1 aromatic carbocycles. The lowest BCUT2D eigenvalue weighted by atomic mass is 9.94. The second-order valence-electron chi connectivity index (χ2n) is 7.08. The van der Waals surface area contributed by atoms with E-state index in [9.17, 15) is 4.79 Å². The first-order valence-corrected chi connectivity index (χ1v) is 10.3. The van der Waals surface area contributed by atoms with E-state index in [-0.39, 0.29) is 11.8 Å². The van der Waals surface area contributed by atoms with Crippen LogP contribution in [0.15, 0.2) is 42.6 Å². The van der Waals surface area contributed by atoms with Crippen LogP contribution in [-0.4, -0.2) is 38.8 Å². The molecule has 0 aliphatic carbocycles. The van der Waals surface area contributed by atoms with Crippen molar-refractivity contribution >= 4 is 28.2 Å². The van der Waals surface area contributed by atoms with Crippen molar-refractivity contribution in [1.82, 2.24) is 19.9 Å². The summed E-state index contributed by atoms with van der Waals surface area (Å²) >= 11 is 1.60. The van der Waals surface area contributed by atoms with Gasteiger partial charge in [0.25, 0.3) is 5.91 Å². The SMILES string of the molecule is Cc1nc(Nc2ncc(C)s2)cc([C@@H]2CCCN(C(=O)c3ccccc3)C2)n1. The average molecular weight is 394 g/mol. The number of nitrogens with one attached hydrogen (secondary N) is 1. The van der Waals surface area contributed by atoms with Crippen LogP contribution in [0, 0.1) is 13.8 Å². The zero-order valence-corrected chi connectivity index (χ0v) is 16.9. The Morgan fingerprint density at radius 3 is 2.79 bits per heavy atom. The molecule has 1 aliphatic heterocycles. The first-order valence-electron chi connectivity index (χ1n) is 9.48. The van der Waals surface area contributed by atoms with Crippen LogP contribution < -0.4 is 5.32 Å². The van der Waals surface area contributed by atoms with Gasteiger partial charge >= 0.3 is 0 Å². The average Bonchev–Trinajstić information content (AvgIpc) is 3.12. The third-order valence-electron chi connectivity index (χ3n) is 4.86. The highest BCUT2D eigenvalue weighted by molar-refractivity contribution is 7.15. The Morgan fingerprint density at radius 1 is 1.21 bits per heavy atom.